The number of aromatic nitrogens is 2. The summed E-state index contributed by atoms with van der Waals surface area (Å²) in [7, 11) is 1.25. The molecule has 2 aromatic rings. The van der Waals surface area contributed by atoms with E-state index in [1.54, 1.807) is 0 Å². The van der Waals surface area contributed by atoms with Gasteiger partial charge in [-0.1, -0.05) is 0 Å². The zero-order valence-corrected chi connectivity index (χ0v) is 8.51. The van der Waals surface area contributed by atoms with Crippen LogP contribution in [0.4, 0.5) is 5.82 Å². The van der Waals surface area contributed by atoms with E-state index in [0.717, 1.165) is 0 Å². The van der Waals surface area contributed by atoms with E-state index in [4.69, 9.17) is 5.73 Å². The Labute approximate surface area is 90.6 Å². The highest BCUT2D eigenvalue weighted by atomic mass is 16.5. The van der Waals surface area contributed by atoms with Gasteiger partial charge in [-0.3, -0.25) is 9.20 Å². The molecule has 0 fully saturated rings. The van der Waals surface area contributed by atoms with E-state index < -0.39 is 5.97 Å². The summed E-state index contributed by atoms with van der Waals surface area (Å²) in [6.07, 6.45) is 3.58. The van der Waals surface area contributed by atoms with Gasteiger partial charge < -0.3 is 10.5 Å². The average Bonchev–Trinajstić information content (AvgIpc) is 2.78. The Morgan fingerprint density at radius 2 is 2.38 bits per heavy atom. The molecule has 0 aliphatic heterocycles. The summed E-state index contributed by atoms with van der Waals surface area (Å²) in [5, 5.41) is 0. The molecule has 0 radical (unpaired) electrons. The molecule has 2 heterocycles. The molecule has 6 nitrogen and oxygen atoms in total. The van der Waals surface area contributed by atoms with Crippen molar-refractivity contribution < 1.29 is 14.3 Å². The zero-order valence-electron chi connectivity index (χ0n) is 8.51. The van der Waals surface area contributed by atoms with Gasteiger partial charge in [0.2, 0.25) is 0 Å². The van der Waals surface area contributed by atoms with Crippen molar-refractivity contribution in [2.45, 2.75) is 0 Å². The lowest BCUT2D eigenvalue weighted by atomic mass is 10.1. The second-order valence-corrected chi connectivity index (χ2v) is 3.16. The summed E-state index contributed by atoms with van der Waals surface area (Å²) in [6, 6.07) is 1.39. The summed E-state index contributed by atoms with van der Waals surface area (Å²) < 4.78 is 6.04. The SMILES string of the molecule is COC(=O)c1cc(C=O)c2cncn2c1N. The van der Waals surface area contributed by atoms with Crippen molar-refractivity contribution in [3.63, 3.8) is 0 Å². The van der Waals surface area contributed by atoms with Gasteiger partial charge in [0.1, 0.15) is 17.7 Å². The van der Waals surface area contributed by atoms with Crippen LogP contribution in [-0.2, 0) is 4.74 Å². The highest BCUT2D eigenvalue weighted by Gasteiger charge is 2.15. The van der Waals surface area contributed by atoms with Crippen molar-refractivity contribution in [1.29, 1.82) is 0 Å². The minimum atomic E-state index is -0.587. The van der Waals surface area contributed by atoms with E-state index in [-0.39, 0.29) is 11.4 Å². The molecule has 0 bridgehead atoms. The first-order valence-corrected chi connectivity index (χ1v) is 4.47. The Hall–Kier alpha value is -2.37. The van der Waals surface area contributed by atoms with Crippen LogP contribution in [0.15, 0.2) is 18.6 Å². The Kier molecular flexibility index (Phi) is 2.32. The summed E-state index contributed by atoms with van der Waals surface area (Å²) >= 11 is 0. The third-order valence-corrected chi connectivity index (χ3v) is 2.30. The van der Waals surface area contributed by atoms with Gasteiger partial charge in [-0.2, -0.15) is 0 Å². The molecule has 0 amide bonds. The normalized spacial score (nSPS) is 10.3. The maximum Gasteiger partial charge on any atom is 0.341 e. The second kappa shape index (κ2) is 3.65. The number of fused-ring (bicyclic) bond motifs is 1. The maximum absolute atomic E-state index is 11.4. The molecule has 2 aromatic heterocycles. The number of anilines is 1. The van der Waals surface area contributed by atoms with Gasteiger partial charge in [-0.05, 0) is 6.07 Å². The van der Waals surface area contributed by atoms with Crippen LogP contribution in [0.1, 0.15) is 20.7 Å². The molecule has 82 valence electrons. The summed E-state index contributed by atoms with van der Waals surface area (Å²) in [5.41, 5.74) is 6.81. The monoisotopic (exact) mass is 219 g/mol. The van der Waals surface area contributed by atoms with Crippen LogP contribution >= 0.6 is 0 Å². The number of rotatable bonds is 2. The van der Waals surface area contributed by atoms with E-state index in [1.165, 1.54) is 30.1 Å². The minimum Gasteiger partial charge on any atom is -0.465 e. The largest absolute Gasteiger partial charge is 0.465 e. The number of carbonyl (C=O) groups is 2. The number of esters is 1. The van der Waals surface area contributed by atoms with Gasteiger partial charge in [0.05, 0.1) is 18.8 Å². The van der Waals surface area contributed by atoms with Gasteiger partial charge in [-0.25, -0.2) is 9.78 Å². The molecule has 0 saturated carbocycles. The van der Waals surface area contributed by atoms with Gasteiger partial charge >= 0.3 is 5.97 Å². The highest BCUT2D eigenvalue weighted by molar-refractivity contribution is 5.98. The lowest BCUT2D eigenvalue weighted by molar-refractivity contribution is 0.0601. The van der Waals surface area contributed by atoms with Gasteiger partial charge in [0.15, 0.2) is 6.29 Å². The smallest absolute Gasteiger partial charge is 0.341 e. The summed E-state index contributed by atoms with van der Waals surface area (Å²) in [5.74, 6) is -0.388. The Bertz CT molecular complexity index is 574. The fourth-order valence-corrected chi connectivity index (χ4v) is 1.50. The van der Waals surface area contributed by atoms with Gasteiger partial charge in [0.25, 0.3) is 0 Å². The maximum atomic E-state index is 11.4. The van der Waals surface area contributed by atoms with Crippen molar-refractivity contribution in [1.82, 2.24) is 9.38 Å². The molecule has 0 saturated heterocycles. The number of carbonyl (C=O) groups excluding carboxylic acids is 2. The van der Waals surface area contributed by atoms with Crippen molar-refractivity contribution in [2.24, 2.45) is 0 Å². The Balaban J connectivity index is 2.80. The number of nitrogens with two attached hydrogens (primary N) is 1. The highest BCUT2D eigenvalue weighted by Crippen LogP contribution is 2.19. The molecular formula is C10H9N3O3. The molecule has 0 aromatic carbocycles. The van der Waals surface area contributed by atoms with Crippen LogP contribution in [0.5, 0.6) is 0 Å². The van der Waals surface area contributed by atoms with Crippen LogP contribution in [-0.4, -0.2) is 28.7 Å². The third-order valence-electron chi connectivity index (χ3n) is 2.30. The van der Waals surface area contributed by atoms with E-state index in [1.807, 2.05) is 0 Å². The molecule has 16 heavy (non-hydrogen) atoms. The van der Waals surface area contributed by atoms with Crippen molar-refractivity contribution >= 4 is 23.6 Å². The summed E-state index contributed by atoms with van der Waals surface area (Å²) in [4.78, 5) is 26.1. The fraction of sp³-hybridized carbons (Fsp3) is 0.100. The number of ether oxygens (including phenoxy) is 1. The van der Waals surface area contributed by atoms with E-state index in [0.29, 0.717) is 17.4 Å². The lowest BCUT2D eigenvalue weighted by Gasteiger charge is -2.07. The quantitative estimate of drug-likeness (QED) is 0.587. The number of pyridine rings is 1. The van der Waals surface area contributed by atoms with Crippen LogP contribution in [0.25, 0.3) is 5.52 Å². The standard InChI is InChI=1S/C10H9N3O3/c1-16-10(15)7-2-6(4-14)8-3-12-5-13(8)9(7)11/h2-5H,11H2,1H3. The molecule has 0 unspecified atom stereocenters. The summed E-state index contributed by atoms with van der Waals surface area (Å²) in [6.45, 7) is 0. The lowest BCUT2D eigenvalue weighted by Crippen LogP contribution is -2.10. The number of nitrogens with zero attached hydrogens (tertiary/aromatic N) is 2. The van der Waals surface area contributed by atoms with Gasteiger partial charge in [0, 0.05) is 5.56 Å². The average molecular weight is 219 g/mol. The van der Waals surface area contributed by atoms with Crippen LogP contribution in [0, 0.1) is 0 Å². The zero-order chi connectivity index (χ0) is 11.7. The van der Waals surface area contributed by atoms with Crippen molar-refractivity contribution in [2.75, 3.05) is 12.8 Å². The number of hydrogen-bond acceptors (Lipinski definition) is 5. The van der Waals surface area contributed by atoms with Crippen LogP contribution < -0.4 is 5.73 Å². The number of imidazole rings is 1. The first-order chi connectivity index (χ1) is 7.69. The Morgan fingerprint density at radius 3 is 3.00 bits per heavy atom. The molecule has 2 rings (SSSR count). The predicted molar refractivity (Wildman–Crippen MR) is 56.3 cm³/mol. The van der Waals surface area contributed by atoms with Crippen molar-refractivity contribution in [3.8, 4) is 0 Å². The van der Waals surface area contributed by atoms with E-state index in [2.05, 4.69) is 9.72 Å². The topological polar surface area (TPSA) is 86.7 Å². The fourth-order valence-electron chi connectivity index (χ4n) is 1.50. The Morgan fingerprint density at radius 1 is 1.62 bits per heavy atom. The molecular weight excluding hydrogens is 210 g/mol. The predicted octanol–water partition coefficient (Wildman–Crippen LogP) is 0.516. The van der Waals surface area contributed by atoms with E-state index in [9.17, 15) is 9.59 Å². The number of hydrogen-bond donors (Lipinski definition) is 1. The van der Waals surface area contributed by atoms with Crippen LogP contribution in [0.2, 0.25) is 0 Å². The molecule has 0 aliphatic carbocycles. The number of nitrogen functional groups attached to an aromatic ring is 1. The minimum absolute atomic E-state index is 0.148. The number of methoxy groups -OCH3 is 1. The van der Waals surface area contributed by atoms with Gasteiger partial charge in [-0.15, -0.1) is 0 Å². The molecule has 6 heteroatoms. The molecule has 2 N–H and O–H groups in total. The first-order valence-electron chi connectivity index (χ1n) is 4.47. The van der Waals surface area contributed by atoms with Crippen LogP contribution in [0.3, 0.4) is 0 Å². The number of aldehydes is 1. The first kappa shape index (κ1) is 10.2. The molecule has 0 atom stereocenters. The van der Waals surface area contributed by atoms with Crippen molar-refractivity contribution in [3.05, 3.63) is 29.7 Å². The molecule has 0 aliphatic rings. The third kappa shape index (κ3) is 1.31. The van der Waals surface area contributed by atoms with E-state index >= 15 is 0 Å². The molecule has 0 spiro atoms. The second-order valence-electron chi connectivity index (χ2n) is 3.16.